The zero-order valence-corrected chi connectivity index (χ0v) is 21.1. The van der Waals surface area contributed by atoms with E-state index >= 15 is 0 Å². The number of thioether (sulfide) groups is 2. The van der Waals surface area contributed by atoms with Crippen molar-refractivity contribution in [2.75, 3.05) is 25.7 Å². The van der Waals surface area contributed by atoms with Crippen LogP contribution in [-0.4, -0.2) is 49.1 Å². The molecule has 1 aromatic carbocycles. The Morgan fingerprint density at radius 3 is 2.16 bits per heavy atom. The van der Waals surface area contributed by atoms with Crippen LogP contribution in [0.2, 0.25) is 0 Å². The van der Waals surface area contributed by atoms with E-state index in [-0.39, 0.29) is 15.8 Å². The second-order valence-electron chi connectivity index (χ2n) is 7.59. The summed E-state index contributed by atoms with van der Waals surface area (Å²) >= 11 is 8.18. The number of rotatable bonds is 3. The van der Waals surface area contributed by atoms with Gasteiger partial charge in [-0.25, -0.2) is 14.4 Å². The molecule has 0 spiro atoms. The molecule has 1 N–H and O–H groups in total. The predicted octanol–water partition coefficient (Wildman–Crippen LogP) is 4.40. The number of hydrogen-bond donors (Lipinski definition) is 1. The van der Waals surface area contributed by atoms with Gasteiger partial charge in [0.1, 0.15) is 9.81 Å². The second-order valence-corrected chi connectivity index (χ2v) is 10.3. The molecule has 3 rings (SSSR count). The molecule has 0 radical (unpaired) electrons. The lowest BCUT2D eigenvalue weighted by molar-refractivity contribution is -0.138. The van der Waals surface area contributed by atoms with Gasteiger partial charge in [0, 0.05) is 17.7 Å². The predicted molar refractivity (Wildman–Crippen MR) is 133 cm³/mol. The molecular formula is C22H24N2O5S3. The number of urea groups is 1. The molecule has 1 aromatic rings. The van der Waals surface area contributed by atoms with Crippen molar-refractivity contribution in [1.29, 1.82) is 0 Å². The van der Waals surface area contributed by atoms with Crippen LogP contribution in [0, 0.1) is 6.92 Å². The molecule has 2 aliphatic rings. The lowest BCUT2D eigenvalue weighted by atomic mass is 9.83. The molecule has 2 heterocycles. The second kappa shape index (κ2) is 9.29. The number of carbonyl (C=O) groups is 3. The van der Waals surface area contributed by atoms with Gasteiger partial charge >= 0.3 is 18.0 Å². The molecule has 170 valence electrons. The lowest BCUT2D eigenvalue weighted by Gasteiger charge is -2.45. The first-order chi connectivity index (χ1) is 15.1. The van der Waals surface area contributed by atoms with Crippen molar-refractivity contribution in [3.05, 3.63) is 43.4 Å². The van der Waals surface area contributed by atoms with Crippen LogP contribution in [0.25, 0.3) is 5.57 Å². The van der Waals surface area contributed by atoms with Crippen molar-refractivity contribution in [2.45, 2.75) is 33.2 Å². The summed E-state index contributed by atoms with van der Waals surface area (Å²) in [6.45, 7) is 8.06. The highest BCUT2D eigenvalue weighted by molar-refractivity contribution is 8.29. The third-order valence-corrected chi connectivity index (χ3v) is 8.34. The van der Waals surface area contributed by atoms with Gasteiger partial charge in [-0.1, -0.05) is 47.4 Å². The van der Waals surface area contributed by atoms with Crippen LogP contribution in [0.15, 0.2) is 32.2 Å². The van der Waals surface area contributed by atoms with Crippen LogP contribution in [0.4, 0.5) is 10.5 Å². The summed E-state index contributed by atoms with van der Waals surface area (Å²) in [7, 11) is 2.52. The average molecular weight is 493 g/mol. The quantitative estimate of drug-likeness (QED) is 0.378. The highest BCUT2D eigenvalue weighted by Gasteiger charge is 2.46. The van der Waals surface area contributed by atoms with Gasteiger partial charge < -0.3 is 14.8 Å². The van der Waals surface area contributed by atoms with Gasteiger partial charge in [-0.15, -0.1) is 0 Å². The maximum Gasteiger partial charge on any atom is 0.346 e. The molecule has 10 heteroatoms. The monoisotopic (exact) mass is 492 g/mol. The first-order valence-corrected chi connectivity index (χ1v) is 11.9. The van der Waals surface area contributed by atoms with Crippen molar-refractivity contribution in [1.82, 2.24) is 5.32 Å². The van der Waals surface area contributed by atoms with Crippen molar-refractivity contribution in [3.8, 4) is 0 Å². The molecule has 0 fully saturated rings. The van der Waals surface area contributed by atoms with Gasteiger partial charge in [0.2, 0.25) is 0 Å². The van der Waals surface area contributed by atoms with E-state index in [9.17, 15) is 14.4 Å². The highest BCUT2D eigenvalue weighted by Crippen LogP contribution is 2.56. The number of carbonyl (C=O) groups excluding carboxylic acids is 3. The smallest absolute Gasteiger partial charge is 0.346 e. The Hall–Kier alpha value is -2.30. The number of methoxy groups -OCH3 is 2. The van der Waals surface area contributed by atoms with Crippen LogP contribution in [0.5, 0.6) is 0 Å². The molecule has 0 aliphatic carbocycles. The molecule has 0 aromatic heterocycles. The molecule has 0 saturated heterocycles. The number of hydrogen-bond acceptors (Lipinski definition) is 8. The van der Waals surface area contributed by atoms with Crippen molar-refractivity contribution < 1.29 is 23.9 Å². The molecule has 32 heavy (non-hydrogen) atoms. The Labute approximate surface area is 201 Å². The SMILES string of the molecule is CCNC(=O)N1c2ccc(C)cc2C(=C2SC(C(=O)OC)=C(C(=O)OC)S2)C(=S)C1(C)C. The number of esters is 2. The Kier molecular flexibility index (Phi) is 7.06. The lowest BCUT2D eigenvalue weighted by Crippen LogP contribution is -2.58. The van der Waals surface area contributed by atoms with Gasteiger partial charge in [0.05, 0.1) is 34.5 Å². The topological polar surface area (TPSA) is 84.9 Å². The van der Waals surface area contributed by atoms with Crippen molar-refractivity contribution in [2.24, 2.45) is 0 Å². The fourth-order valence-electron chi connectivity index (χ4n) is 3.53. The minimum atomic E-state index is -0.834. The average Bonchev–Trinajstić information content (AvgIpc) is 3.18. The first-order valence-electron chi connectivity index (χ1n) is 9.83. The van der Waals surface area contributed by atoms with E-state index < -0.39 is 17.5 Å². The molecule has 7 nitrogen and oxygen atoms in total. The summed E-state index contributed by atoms with van der Waals surface area (Å²) in [5.41, 5.74) is 2.35. The van der Waals surface area contributed by atoms with E-state index in [1.165, 1.54) is 14.2 Å². The third-order valence-electron chi connectivity index (χ3n) is 5.08. The summed E-state index contributed by atoms with van der Waals surface area (Å²) in [6, 6.07) is 5.54. The van der Waals surface area contributed by atoms with Crippen LogP contribution in [0.1, 0.15) is 31.9 Å². The van der Waals surface area contributed by atoms with Gasteiger partial charge in [-0.2, -0.15) is 0 Å². The van der Waals surface area contributed by atoms with E-state index in [0.29, 0.717) is 21.3 Å². The number of amides is 2. The molecule has 2 aliphatic heterocycles. The number of thiocarbonyl (C=S) groups is 1. The summed E-state index contributed by atoms with van der Waals surface area (Å²) in [4.78, 5) is 40.2. The molecule has 0 saturated carbocycles. The van der Waals surface area contributed by atoms with E-state index in [2.05, 4.69) is 5.32 Å². The van der Waals surface area contributed by atoms with Crippen molar-refractivity contribution in [3.63, 3.8) is 0 Å². The summed E-state index contributed by atoms with van der Waals surface area (Å²) < 4.78 is 10.4. The van der Waals surface area contributed by atoms with E-state index in [1.807, 2.05) is 45.9 Å². The Morgan fingerprint density at radius 2 is 1.66 bits per heavy atom. The zero-order chi connectivity index (χ0) is 23.8. The van der Waals surface area contributed by atoms with Gasteiger partial charge in [-0.05, 0) is 39.8 Å². The Bertz CT molecular complexity index is 1060. The van der Waals surface area contributed by atoms with Gasteiger partial charge in [0.25, 0.3) is 0 Å². The van der Waals surface area contributed by atoms with Crippen LogP contribution in [0.3, 0.4) is 0 Å². The first kappa shape index (κ1) is 24.3. The number of aryl methyl sites for hydroxylation is 1. The molecule has 0 atom stereocenters. The molecule has 2 amide bonds. The maximum atomic E-state index is 13.0. The van der Waals surface area contributed by atoms with Gasteiger partial charge in [0.15, 0.2) is 0 Å². The van der Waals surface area contributed by atoms with Crippen LogP contribution >= 0.6 is 35.7 Å². The Morgan fingerprint density at radius 1 is 1.09 bits per heavy atom. The summed E-state index contributed by atoms with van der Waals surface area (Å²) in [5.74, 6) is -1.24. The number of fused-ring (bicyclic) bond motifs is 1. The molecular weight excluding hydrogens is 468 g/mol. The van der Waals surface area contributed by atoms with Crippen LogP contribution < -0.4 is 10.2 Å². The number of nitrogens with zero attached hydrogens (tertiary/aromatic N) is 1. The Balaban J connectivity index is 2.24. The van der Waals surface area contributed by atoms with E-state index in [0.717, 1.165) is 40.2 Å². The van der Waals surface area contributed by atoms with Gasteiger partial charge in [-0.3, -0.25) is 4.90 Å². The molecule has 0 bridgehead atoms. The summed E-state index contributed by atoms with van der Waals surface area (Å²) in [5, 5.41) is 2.86. The fraction of sp³-hybridized carbons (Fsp3) is 0.364. The fourth-order valence-corrected chi connectivity index (χ4v) is 6.56. The zero-order valence-electron chi connectivity index (χ0n) is 18.7. The molecule has 0 unspecified atom stereocenters. The summed E-state index contributed by atoms with van der Waals surface area (Å²) in [6.07, 6.45) is 0. The minimum absolute atomic E-state index is 0.160. The third kappa shape index (κ3) is 4.06. The normalized spacial score (nSPS) is 17.3. The minimum Gasteiger partial charge on any atom is -0.465 e. The number of anilines is 1. The highest BCUT2D eigenvalue weighted by atomic mass is 32.2. The number of benzene rings is 1. The van der Waals surface area contributed by atoms with E-state index in [4.69, 9.17) is 21.7 Å². The number of nitrogens with one attached hydrogen (secondary N) is 1. The van der Waals surface area contributed by atoms with Crippen LogP contribution in [-0.2, 0) is 19.1 Å². The standard InChI is InChI=1S/C22H24N2O5S3/c1-7-23-21(27)24-13-9-8-11(2)10-12(13)14(17(30)22(24,3)4)20-31-15(18(25)28-5)16(32-20)19(26)29-6/h8-10H,7H2,1-6H3,(H,23,27). The number of ether oxygens (including phenoxy) is 2. The van der Waals surface area contributed by atoms with Crippen molar-refractivity contribution >= 4 is 69.8 Å². The largest absolute Gasteiger partial charge is 0.465 e. The maximum absolute atomic E-state index is 13.0. The van der Waals surface area contributed by atoms with E-state index in [1.54, 1.807) is 4.90 Å².